The summed E-state index contributed by atoms with van der Waals surface area (Å²) in [5, 5.41) is 6.78. The Kier molecular flexibility index (Phi) is 2.16. The van der Waals surface area contributed by atoms with Crippen LogP contribution in [0.2, 0.25) is 0 Å². The van der Waals surface area contributed by atoms with Crippen molar-refractivity contribution in [1.29, 1.82) is 0 Å². The lowest BCUT2D eigenvalue weighted by molar-refractivity contribution is 0.360. The number of nitrogens with zero attached hydrogens (tertiary/aromatic N) is 3. The fourth-order valence-corrected chi connectivity index (χ4v) is 1.13. The van der Waals surface area contributed by atoms with Crippen molar-refractivity contribution in [3.05, 3.63) is 42.4 Å². The number of hydrogen-bond acceptors (Lipinski definition) is 4. The first-order chi connectivity index (χ1) is 6.77. The van der Waals surface area contributed by atoms with Crippen LogP contribution in [0.25, 0.3) is 0 Å². The van der Waals surface area contributed by atoms with Crippen LogP contribution in [0, 0.1) is 5.82 Å². The molecule has 0 aliphatic carbocycles. The minimum absolute atomic E-state index is 0.283. The maximum absolute atomic E-state index is 12.6. The molecule has 0 fully saturated rings. The van der Waals surface area contributed by atoms with E-state index in [-0.39, 0.29) is 5.82 Å². The van der Waals surface area contributed by atoms with Crippen LogP contribution in [0.3, 0.4) is 0 Å². The second-order valence-electron chi connectivity index (χ2n) is 2.75. The summed E-state index contributed by atoms with van der Waals surface area (Å²) in [4.78, 5) is 0. The van der Waals surface area contributed by atoms with Crippen LogP contribution in [0.4, 0.5) is 10.1 Å². The molecule has 2 rings (SSSR count). The van der Waals surface area contributed by atoms with Crippen LogP contribution in [0.15, 0.2) is 41.6 Å². The van der Waals surface area contributed by atoms with Crippen LogP contribution >= 0.6 is 0 Å². The van der Waals surface area contributed by atoms with Gasteiger partial charge in [-0.3, -0.25) is 0 Å². The highest BCUT2D eigenvalue weighted by Gasteiger charge is 2.09. The number of anilines is 1. The van der Waals surface area contributed by atoms with Gasteiger partial charge < -0.3 is 0 Å². The molecule has 1 aromatic rings. The molecule has 1 heterocycles. The third kappa shape index (κ3) is 1.57. The Morgan fingerprint density at radius 1 is 1.21 bits per heavy atom. The Balaban J connectivity index is 2.27. The highest BCUT2D eigenvalue weighted by Crippen LogP contribution is 2.17. The highest BCUT2D eigenvalue weighted by molar-refractivity contribution is 5.73. The summed E-state index contributed by atoms with van der Waals surface area (Å²) in [5.41, 5.74) is 0.703. The lowest BCUT2D eigenvalue weighted by atomic mass is 10.3. The van der Waals surface area contributed by atoms with Gasteiger partial charge in [0.25, 0.3) is 0 Å². The second-order valence-corrected chi connectivity index (χ2v) is 2.75. The topological polar surface area (TPSA) is 44.9 Å². The zero-order chi connectivity index (χ0) is 9.97. The van der Waals surface area contributed by atoms with Crippen molar-refractivity contribution in [2.45, 2.75) is 0 Å². The molecule has 0 amide bonds. The van der Waals surface area contributed by atoms with E-state index in [2.05, 4.69) is 5.10 Å². The van der Waals surface area contributed by atoms with Gasteiger partial charge in [-0.1, -0.05) is 0 Å². The zero-order valence-corrected chi connectivity index (χ0v) is 7.34. The summed E-state index contributed by atoms with van der Waals surface area (Å²) in [7, 11) is 0. The summed E-state index contributed by atoms with van der Waals surface area (Å²) >= 11 is 0. The number of nitrogens with two attached hydrogens (primary N) is 1. The van der Waals surface area contributed by atoms with E-state index in [4.69, 9.17) is 5.84 Å². The Hall–Kier alpha value is -1.88. The smallest absolute Gasteiger partial charge is 0.123 e. The average molecular weight is 192 g/mol. The predicted molar refractivity (Wildman–Crippen MR) is 52.5 cm³/mol. The largest absolute Gasteiger partial charge is 0.227 e. The summed E-state index contributed by atoms with van der Waals surface area (Å²) in [6.07, 6.45) is 4.96. The van der Waals surface area contributed by atoms with E-state index in [1.807, 2.05) is 0 Å². The molecule has 0 aromatic heterocycles. The molecule has 0 bridgehead atoms. The lowest BCUT2D eigenvalue weighted by Gasteiger charge is -2.28. The van der Waals surface area contributed by atoms with Gasteiger partial charge in [-0.15, -0.1) is 0 Å². The fraction of sp³-hybridized carbons (Fsp3) is 0. The summed E-state index contributed by atoms with van der Waals surface area (Å²) < 4.78 is 12.6. The molecule has 0 saturated heterocycles. The number of hydrogen-bond donors (Lipinski definition) is 1. The maximum atomic E-state index is 12.6. The lowest BCUT2D eigenvalue weighted by Crippen LogP contribution is -2.41. The van der Waals surface area contributed by atoms with Crippen molar-refractivity contribution in [3.8, 4) is 0 Å². The number of hydrazone groups is 1. The second kappa shape index (κ2) is 3.47. The molecule has 2 N–H and O–H groups in total. The van der Waals surface area contributed by atoms with Gasteiger partial charge in [0.2, 0.25) is 0 Å². The third-order valence-corrected chi connectivity index (χ3v) is 1.78. The van der Waals surface area contributed by atoms with Crippen LogP contribution < -0.4 is 11.0 Å². The van der Waals surface area contributed by atoms with Crippen molar-refractivity contribution in [3.63, 3.8) is 0 Å². The van der Waals surface area contributed by atoms with Gasteiger partial charge in [0.1, 0.15) is 5.82 Å². The van der Waals surface area contributed by atoms with Crippen LogP contribution in [0.1, 0.15) is 0 Å². The molecule has 1 aromatic carbocycles. The third-order valence-electron chi connectivity index (χ3n) is 1.78. The SMILES string of the molecule is NN1C=CC=NN1c1ccc(F)cc1. The van der Waals surface area contributed by atoms with Crippen molar-refractivity contribution in [1.82, 2.24) is 5.12 Å². The molecule has 14 heavy (non-hydrogen) atoms. The normalized spacial score (nSPS) is 15.0. The first-order valence-electron chi connectivity index (χ1n) is 4.08. The molecule has 0 unspecified atom stereocenters. The van der Waals surface area contributed by atoms with E-state index in [0.29, 0.717) is 5.69 Å². The Bertz CT molecular complexity index is 371. The molecular formula is C9H9FN4. The fourth-order valence-electron chi connectivity index (χ4n) is 1.13. The van der Waals surface area contributed by atoms with E-state index < -0.39 is 0 Å². The van der Waals surface area contributed by atoms with E-state index in [9.17, 15) is 4.39 Å². The molecule has 1 aliphatic heterocycles. The standard InChI is InChI=1S/C9H9FN4/c10-8-2-4-9(5-3-8)14-12-6-1-7-13(14)11/h1-7H,11H2. The van der Waals surface area contributed by atoms with Gasteiger partial charge >= 0.3 is 0 Å². The number of rotatable bonds is 1. The Morgan fingerprint density at radius 2 is 1.93 bits per heavy atom. The van der Waals surface area contributed by atoms with Gasteiger partial charge in [-0.05, 0) is 30.3 Å². The van der Waals surface area contributed by atoms with Gasteiger partial charge in [0.15, 0.2) is 0 Å². The molecule has 72 valence electrons. The number of allylic oxidation sites excluding steroid dienone is 1. The van der Waals surface area contributed by atoms with Crippen LogP contribution in [0.5, 0.6) is 0 Å². The van der Waals surface area contributed by atoms with E-state index in [1.165, 1.54) is 22.4 Å². The van der Waals surface area contributed by atoms with Crippen molar-refractivity contribution in [2.75, 3.05) is 5.12 Å². The van der Waals surface area contributed by atoms with E-state index in [1.54, 1.807) is 30.6 Å². The van der Waals surface area contributed by atoms with Crippen molar-refractivity contribution < 1.29 is 4.39 Å². The van der Waals surface area contributed by atoms with Gasteiger partial charge in [0, 0.05) is 6.20 Å². The monoisotopic (exact) mass is 192 g/mol. The van der Waals surface area contributed by atoms with Crippen LogP contribution in [-0.4, -0.2) is 11.3 Å². The molecule has 4 nitrogen and oxygen atoms in total. The number of hydrazine groups is 2. The molecule has 0 radical (unpaired) electrons. The quantitative estimate of drug-likeness (QED) is 0.681. The van der Waals surface area contributed by atoms with Crippen LogP contribution in [-0.2, 0) is 0 Å². The van der Waals surface area contributed by atoms with Gasteiger partial charge in [0.05, 0.1) is 11.9 Å². The maximum Gasteiger partial charge on any atom is 0.123 e. The zero-order valence-electron chi connectivity index (χ0n) is 7.34. The first-order valence-corrected chi connectivity index (χ1v) is 4.08. The molecule has 0 atom stereocenters. The van der Waals surface area contributed by atoms with E-state index >= 15 is 0 Å². The van der Waals surface area contributed by atoms with Gasteiger partial charge in [-0.25, -0.2) is 15.4 Å². The summed E-state index contributed by atoms with van der Waals surface area (Å²) in [6, 6.07) is 5.92. The first kappa shape index (κ1) is 8.71. The molecule has 1 aliphatic rings. The molecule has 0 spiro atoms. The molecule has 5 heteroatoms. The predicted octanol–water partition coefficient (Wildman–Crippen LogP) is 1.24. The number of benzene rings is 1. The van der Waals surface area contributed by atoms with Gasteiger partial charge in [-0.2, -0.15) is 10.2 Å². The summed E-state index contributed by atoms with van der Waals surface area (Å²) in [6.45, 7) is 0. The average Bonchev–Trinajstić information content (AvgIpc) is 2.20. The Morgan fingerprint density at radius 3 is 2.57 bits per heavy atom. The highest BCUT2D eigenvalue weighted by atomic mass is 19.1. The minimum atomic E-state index is -0.283. The number of halogens is 1. The Labute approximate surface area is 80.7 Å². The summed E-state index contributed by atoms with van der Waals surface area (Å²) in [5.74, 6) is 5.33. The molecular weight excluding hydrogens is 183 g/mol. The minimum Gasteiger partial charge on any atom is -0.227 e. The van der Waals surface area contributed by atoms with E-state index in [0.717, 1.165) is 0 Å². The van der Waals surface area contributed by atoms with Crippen molar-refractivity contribution in [2.24, 2.45) is 10.9 Å². The molecule has 0 saturated carbocycles. The van der Waals surface area contributed by atoms with Crippen molar-refractivity contribution >= 4 is 11.9 Å².